The first-order valence-corrected chi connectivity index (χ1v) is 6.72. The molecule has 102 valence electrons. The van der Waals surface area contributed by atoms with E-state index in [-0.39, 0.29) is 18.3 Å². The summed E-state index contributed by atoms with van der Waals surface area (Å²) >= 11 is 7.28. The van der Waals surface area contributed by atoms with Crippen LogP contribution in [0.2, 0.25) is 5.02 Å². The summed E-state index contributed by atoms with van der Waals surface area (Å²) in [5, 5.41) is 16.7. The van der Waals surface area contributed by atoms with Gasteiger partial charge in [0.25, 0.3) is 5.91 Å². The van der Waals surface area contributed by atoms with Crippen molar-refractivity contribution in [1.82, 2.24) is 25.9 Å². The number of fused-ring (bicyclic) bond motifs is 1. The average Bonchev–Trinajstić information content (AvgIpc) is 3.04. The second-order valence-corrected chi connectivity index (χ2v) is 5.33. The molecule has 6 nitrogen and oxygen atoms in total. The van der Waals surface area contributed by atoms with Crippen molar-refractivity contribution < 1.29 is 9.18 Å². The number of benzene rings is 1. The van der Waals surface area contributed by atoms with Crippen LogP contribution in [0.15, 0.2) is 18.2 Å². The number of aromatic nitrogens is 4. The van der Waals surface area contributed by atoms with Gasteiger partial charge in [0.1, 0.15) is 10.7 Å². The van der Waals surface area contributed by atoms with Crippen LogP contribution in [-0.2, 0) is 6.54 Å². The zero-order valence-electron chi connectivity index (χ0n) is 9.85. The van der Waals surface area contributed by atoms with Gasteiger partial charge in [0.15, 0.2) is 5.82 Å². The van der Waals surface area contributed by atoms with E-state index in [1.165, 1.54) is 12.1 Å². The number of hydrogen-bond donors (Lipinski definition) is 2. The van der Waals surface area contributed by atoms with Crippen LogP contribution in [-0.4, -0.2) is 26.5 Å². The number of thiophene rings is 1. The van der Waals surface area contributed by atoms with Gasteiger partial charge in [-0.15, -0.1) is 21.5 Å². The molecule has 0 aliphatic carbocycles. The summed E-state index contributed by atoms with van der Waals surface area (Å²) in [6, 6.07) is 4.21. The molecule has 0 bridgehead atoms. The first-order valence-electron chi connectivity index (χ1n) is 5.53. The molecule has 3 aromatic rings. The third kappa shape index (κ3) is 2.35. The summed E-state index contributed by atoms with van der Waals surface area (Å²) in [7, 11) is 0. The first kappa shape index (κ1) is 12.9. The predicted octanol–water partition coefficient (Wildman–Crippen LogP) is 2.14. The Morgan fingerprint density at radius 3 is 3.10 bits per heavy atom. The molecule has 0 spiro atoms. The van der Waals surface area contributed by atoms with Gasteiger partial charge in [0.05, 0.1) is 11.6 Å². The summed E-state index contributed by atoms with van der Waals surface area (Å²) in [4.78, 5) is 12.4. The molecule has 0 aliphatic rings. The van der Waals surface area contributed by atoms with Gasteiger partial charge in [0.2, 0.25) is 0 Å². The molecule has 1 aromatic carbocycles. The van der Waals surface area contributed by atoms with Crippen LogP contribution in [0.5, 0.6) is 0 Å². The lowest BCUT2D eigenvalue weighted by atomic mass is 10.2. The first-order chi connectivity index (χ1) is 9.65. The van der Waals surface area contributed by atoms with Crippen molar-refractivity contribution in [2.45, 2.75) is 6.54 Å². The molecule has 20 heavy (non-hydrogen) atoms. The topological polar surface area (TPSA) is 83.6 Å². The molecule has 2 heterocycles. The lowest BCUT2D eigenvalue weighted by molar-refractivity contribution is 0.0954. The van der Waals surface area contributed by atoms with E-state index in [1.807, 2.05) is 0 Å². The number of hydrogen-bond acceptors (Lipinski definition) is 5. The van der Waals surface area contributed by atoms with Crippen molar-refractivity contribution >= 4 is 38.9 Å². The zero-order valence-corrected chi connectivity index (χ0v) is 11.4. The number of rotatable bonds is 3. The Balaban J connectivity index is 1.85. The Labute approximate surface area is 120 Å². The maximum Gasteiger partial charge on any atom is 0.263 e. The Morgan fingerprint density at radius 1 is 1.50 bits per heavy atom. The number of nitrogens with one attached hydrogen (secondary N) is 2. The van der Waals surface area contributed by atoms with Crippen LogP contribution in [0.4, 0.5) is 4.39 Å². The SMILES string of the molecule is O=C(NCc1nn[nH]n1)c1sc2cc(F)ccc2c1Cl. The highest BCUT2D eigenvalue weighted by Gasteiger charge is 2.17. The quantitative estimate of drug-likeness (QED) is 0.776. The molecule has 0 radical (unpaired) electrons. The van der Waals surface area contributed by atoms with Crippen molar-refractivity contribution in [2.75, 3.05) is 0 Å². The standard InChI is InChI=1S/C11H7ClFN5OS/c12-9-6-2-1-5(13)3-7(6)20-10(9)11(19)14-4-8-15-17-18-16-8/h1-3H,4H2,(H,14,19)(H,15,16,17,18). The number of H-pyrrole nitrogens is 1. The highest BCUT2D eigenvalue weighted by Crippen LogP contribution is 2.35. The summed E-state index contributed by atoms with van der Waals surface area (Å²) < 4.78 is 13.8. The van der Waals surface area contributed by atoms with E-state index in [0.29, 0.717) is 25.8 Å². The smallest absolute Gasteiger partial charge is 0.263 e. The minimum atomic E-state index is -0.367. The summed E-state index contributed by atoms with van der Waals surface area (Å²) in [6.07, 6.45) is 0. The lowest BCUT2D eigenvalue weighted by Crippen LogP contribution is -2.22. The molecule has 0 saturated heterocycles. The normalized spacial score (nSPS) is 10.9. The van der Waals surface area contributed by atoms with Gasteiger partial charge in [-0.25, -0.2) is 4.39 Å². The molecular formula is C11H7ClFN5OS. The van der Waals surface area contributed by atoms with Crippen molar-refractivity contribution in [3.63, 3.8) is 0 Å². The van der Waals surface area contributed by atoms with Crippen molar-refractivity contribution in [3.8, 4) is 0 Å². The van der Waals surface area contributed by atoms with Crippen LogP contribution in [0.3, 0.4) is 0 Å². The third-order valence-electron chi connectivity index (χ3n) is 2.59. The number of halogens is 2. The van der Waals surface area contributed by atoms with Gasteiger partial charge in [0, 0.05) is 10.1 Å². The van der Waals surface area contributed by atoms with E-state index in [4.69, 9.17) is 11.6 Å². The van der Waals surface area contributed by atoms with E-state index in [9.17, 15) is 9.18 Å². The van der Waals surface area contributed by atoms with Crippen LogP contribution < -0.4 is 5.32 Å². The molecule has 0 saturated carbocycles. The van der Waals surface area contributed by atoms with Gasteiger partial charge in [-0.2, -0.15) is 5.21 Å². The second kappa shape index (κ2) is 5.14. The molecule has 2 aromatic heterocycles. The molecule has 0 aliphatic heterocycles. The molecule has 0 unspecified atom stereocenters. The fraction of sp³-hybridized carbons (Fsp3) is 0.0909. The van der Waals surface area contributed by atoms with E-state index in [1.54, 1.807) is 6.07 Å². The van der Waals surface area contributed by atoms with E-state index in [2.05, 4.69) is 25.9 Å². The average molecular weight is 312 g/mol. The zero-order chi connectivity index (χ0) is 14.1. The van der Waals surface area contributed by atoms with Gasteiger partial charge in [-0.1, -0.05) is 16.8 Å². The molecule has 2 N–H and O–H groups in total. The maximum absolute atomic E-state index is 13.1. The van der Waals surface area contributed by atoms with Crippen LogP contribution in [0, 0.1) is 5.82 Å². The Kier molecular flexibility index (Phi) is 3.33. The Hall–Kier alpha value is -2.06. The Bertz CT molecular complexity index is 773. The molecule has 3 rings (SSSR count). The number of carbonyl (C=O) groups excluding carboxylic acids is 1. The number of amides is 1. The van der Waals surface area contributed by atoms with Gasteiger partial charge in [-0.05, 0) is 18.2 Å². The van der Waals surface area contributed by atoms with Crippen LogP contribution >= 0.6 is 22.9 Å². The van der Waals surface area contributed by atoms with Crippen molar-refractivity contribution in [1.29, 1.82) is 0 Å². The summed E-state index contributed by atoms with van der Waals surface area (Å²) in [6.45, 7) is 0.133. The van der Waals surface area contributed by atoms with Crippen LogP contribution in [0.1, 0.15) is 15.5 Å². The fourth-order valence-electron chi connectivity index (χ4n) is 1.68. The Morgan fingerprint density at radius 2 is 2.35 bits per heavy atom. The second-order valence-electron chi connectivity index (χ2n) is 3.90. The van der Waals surface area contributed by atoms with E-state index >= 15 is 0 Å². The van der Waals surface area contributed by atoms with Crippen molar-refractivity contribution in [2.24, 2.45) is 0 Å². The number of carbonyl (C=O) groups is 1. The number of tetrazole rings is 1. The van der Waals surface area contributed by atoms with Gasteiger partial charge in [-0.3, -0.25) is 4.79 Å². The van der Waals surface area contributed by atoms with Crippen LogP contribution in [0.25, 0.3) is 10.1 Å². The molecule has 0 atom stereocenters. The molecular weight excluding hydrogens is 305 g/mol. The molecule has 0 fully saturated rings. The monoisotopic (exact) mass is 311 g/mol. The third-order valence-corrected chi connectivity index (χ3v) is 4.25. The number of aromatic amines is 1. The number of nitrogens with zero attached hydrogens (tertiary/aromatic N) is 3. The predicted molar refractivity (Wildman–Crippen MR) is 72.1 cm³/mol. The largest absolute Gasteiger partial charge is 0.344 e. The summed E-state index contributed by atoms with van der Waals surface area (Å²) in [5.74, 6) is -0.364. The lowest BCUT2D eigenvalue weighted by Gasteiger charge is -1.99. The molecule has 1 amide bonds. The highest BCUT2D eigenvalue weighted by molar-refractivity contribution is 7.21. The maximum atomic E-state index is 13.1. The van der Waals surface area contributed by atoms with Gasteiger partial charge >= 0.3 is 0 Å². The van der Waals surface area contributed by atoms with Gasteiger partial charge < -0.3 is 5.32 Å². The minimum absolute atomic E-state index is 0.133. The van der Waals surface area contributed by atoms with E-state index < -0.39 is 0 Å². The van der Waals surface area contributed by atoms with Crippen molar-refractivity contribution in [3.05, 3.63) is 39.7 Å². The molecule has 9 heteroatoms. The fourth-order valence-corrected chi connectivity index (χ4v) is 3.14. The highest BCUT2D eigenvalue weighted by atomic mass is 35.5. The summed E-state index contributed by atoms with van der Waals surface area (Å²) in [5.41, 5.74) is 0. The van der Waals surface area contributed by atoms with E-state index in [0.717, 1.165) is 11.3 Å². The minimum Gasteiger partial charge on any atom is -0.344 e.